The average Bonchev–Trinajstić information content (AvgIpc) is 4.26. The van der Waals surface area contributed by atoms with Crippen molar-refractivity contribution < 1.29 is 38.9 Å². The van der Waals surface area contributed by atoms with Crippen LogP contribution < -0.4 is 25.6 Å². The number of nitrogens with one attached hydrogen (secondary N) is 3. The van der Waals surface area contributed by atoms with Gasteiger partial charge in [0.1, 0.15) is 29.4 Å². The summed E-state index contributed by atoms with van der Waals surface area (Å²) >= 11 is 2.98. The lowest BCUT2D eigenvalue weighted by Crippen LogP contribution is -2.57. The first-order chi connectivity index (χ1) is 38.9. The van der Waals surface area contributed by atoms with E-state index >= 15 is 0 Å². The molecule has 0 aliphatic carbocycles. The average molecular weight is 1130 g/mol. The highest BCUT2D eigenvalue weighted by atomic mass is 32.1. The number of likely N-dealkylation sites (tertiary alicyclic amines) is 1. The first kappa shape index (κ1) is 56.0. The van der Waals surface area contributed by atoms with Gasteiger partial charge in [0.05, 0.1) is 38.4 Å². The van der Waals surface area contributed by atoms with Crippen LogP contribution in [0.1, 0.15) is 107 Å². The number of anilines is 2. The Bertz CT molecular complexity index is 3630. The van der Waals surface area contributed by atoms with Crippen LogP contribution in [-0.4, -0.2) is 90.9 Å². The van der Waals surface area contributed by atoms with E-state index in [1.807, 2.05) is 161 Å². The second kappa shape index (κ2) is 23.8. The number of aliphatic hydroxyl groups is 1. The highest BCUT2D eigenvalue weighted by Crippen LogP contribution is 2.37. The third-order valence-corrected chi connectivity index (χ3v) is 17.0. The molecule has 4 amide bonds. The molecule has 4 atom stereocenters. The van der Waals surface area contributed by atoms with E-state index in [0.717, 1.165) is 54.2 Å². The number of amides is 4. The summed E-state index contributed by atoms with van der Waals surface area (Å²) in [5.74, 6) is -0.924. The van der Waals surface area contributed by atoms with Crippen LogP contribution in [0.2, 0.25) is 0 Å². The van der Waals surface area contributed by atoms with Crippen LogP contribution in [0, 0.1) is 19.3 Å². The number of aromatic nitrogens is 3. The molecular weight excluding hydrogens is 1060 g/mol. The largest absolute Gasteiger partial charge is 0.476 e. The lowest BCUT2D eigenvalue weighted by Gasteiger charge is -2.35. The number of hydrogen-bond acceptors (Lipinski definition) is 13. The Labute approximate surface area is 478 Å². The molecule has 1 fully saturated rings. The van der Waals surface area contributed by atoms with Crippen LogP contribution in [0.15, 0.2) is 127 Å². The molecule has 81 heavy (non-hydrogen) atoms. The number of pyridine rings is 1. The lowest BCUT2D eigenvalue weighted by molar-refractivity contribution is -0.144. The Morgan fingerprint density at radius 3 is 2.35 bits per heavy atom. The Morgan fingerprint density at radius 1 is 0.852 bits per heavy atom. The second-order valence-corrected chi connectivity index (χ2v) is 23.7. The van der Waals surface area contributed by atoms with Crippen molar-refractivity contribution in [3.05, 3.63) is 172 Å². The van der Waals surface area contributed by atoms with Crippen molar-refractivity contribution in [2.24, 2.45) is 5.41 Å². The topological polar surface area (TPSA) is 216 Å². The third kappa shape index (κ3) is 12.5. The summed E-state index contributed by atoms with van der Waals surface area (Å²) in [6.07, 6.45) is 1.08. The number of carboxylic acid groups (broad SMARTS) is 1. The molecule has 5 heterocycles. The Hall–Kier alpha value is -8.32. The molecule has 5 N–H and O–H groups in total. The number of thiazole rings is 2. The number of nitrogens with zero attached hydrogens (tertiary/aromatic N) is 5. The van der Waals surface area contributed by atoms with Crippen molar-refractivity contribution >= 4 is 73.4 Å². The number of aliphatic hydroxyl groups excluding tert-OH is 1. The molecule has 3 unspecified atom stereocenters. The van der Waals surface area contributed by atoms with Crippen LogP contribution >= 0.6 is 22.7 Å². The molecular formula is C63H64N8O8S2. The fourth-order valence-electron chi connectivity index (χ4n) is 10.7. The van der Waals surface area contributed by atoms with Crippen molar-refractivity contribution in [1.82, 2.24) is 30.5 Å². The van der Waals surface area contributed by atoms with E-state index in [1.54, 1.807) is 23.5 Å². The maximum atomic E-state index is 14.3. The molecule has 2 aliphatic heterocycles. The summed E-state index contributed by atoms with van der Waals surface area (Å²) < 4.78 is 7.35. The summed E-state index contributed by atoms with van der Waals surface area (Å²) in [6.45, 7) is 12.2. The third-order valence-electron chi connectivity index (χ3n) is 15.1. The number of benzene rings is 5. The summed E-state index contributed by atoms with van der Waals surface area (Å²) in [4.78, 5) is 86.3. The molecule has 3 aromatic heterocycles. The number of carbonyl (C=O) groups excluding carboxylic acids is 4. The highest BCUT2D eigenvalue weighted by molar-refractivity contribution is 7.22. The molecule has 8 aromatic rings. The molecule has 416 valence electrons. The molecule has 0 radical (unpaired) electrons. The second-order valence-electron chi connectivity index (χ2n) is 21.8. The van der Waals surface area contributed by atoms with Gasteiger partial charge in [0.15, 0.2) is 10.8 Å². The molecule has 1 saturated heterocycles. The summed E-state index contributed by atoms with van der Waals surface area (Å²) in [5, 5.41) is 30.8. The van der Waals surface area contributed by atoms with Gasteiger partial charge in [-0.15, -0.1) is 11.3 Å². The van der Waals surface area contributed by atoms with Crippen LogP contribution in [0.4, 0.5) is 10.9 Å². The number of carboxylic acids is 1. The number of ether oxygens (including phenoxy) is 1. The van der Waals surface area contributed by atoms with Crippen LogP contribution in [0.3, 0.4) is 0 Å². The number of aryl methyl sites for hydroxylation is 2. The molecule has 10 rings (SSSR count). The van der Waals surface area contributed by atoms with Crippen LogP contribution in [-0.2, 0) is 33.8 Å². The Kier molecular flexibility index (Phi) is 16.4. The molecule has 18 heteroatoms. The minimum Gasteiger partial charge on any atom is -0.476 e. The quantitative estimate of drug-likeness (QED) is 0.0576. The van der Waals surface area contributed by atoms with Gasteiger partial charge in [-0.3, -0.25) is 24.5 Å². The van der Waals surface area contributed by atoms with E-state index in [4.69, 9.17) is 9.72 Å². The van der Waals surface area contributed by atoms with Gasteiger partial charge in [-0.2, -0.15) is 0 Å². The Morgan fingerprint density at radius 2 is 1.62 bits per heavy atom. The minimum atomic E-state index is -1.17. The maximum absolute atomic E-state index is 14.3. The molecule has 0 spiro atoms. The molecule has 0 saturated carbocycles. The predicted octanol–water partition coefficient (Wildman–Crippen LogP) is 11.1. The van der Waals surface area contributed by atoms with Crippen LogP contribution in [0.5, 0.6) is 11.5 Å². The van der Waals surface area contributed by atoms with E-state index in [2.05, 4.69) is 25.9 Å². The van der Waals surface area contributed by atoms with Gasteiger partial charge in [0, 0.05) is 43.6 Å². The van der Waals surface area contributed by atoms with Crippen molar-refractivity contribution in [1.29, 1.82) is 0 Å². The van der Waals surface area contributed by atoms with E-state index in [-0.39, 0.29) is 48.8 Å². The zero-order valence-electron chi connectivity index (χ0n) is 46.0. The van der Waals surface area contributed by atoms with E-state index < -0.39 is 35.5 Å². The number of aromatic carboxylic acids is 1. The van der Waals surface area contributed by atoms with Gasteiger partial charge >= 0.3 is 5.97 Å². The fourth-order valence-corrected chi connectivity index (χ4v) is 12.3. The number of rotatable bonds is 17. The summed E-state index contributed by atoms with van der Waals surface area (Å²) in [6, 6.07) is 35.8. The van der Waals surface area contributed by atoms with Gasteiger partial charge in [-0.05, 0) is 133 Å². The van der Waals surface area contributed by atoms with Gasteiger partial charge in [0.2, 0.25) is 17.7 Å². The van der Waals surface area contributed by atoms with E-state index in [1.165, 1.54) is 16.2 Å². The number of β-amino-alcohol motifs (C(OH)–C–C–N with tert-alkyl or cyclic N) is 1. The van der Waals surface area contributed by atoms with E-state index in [0.29, 0.717) is 71.5 Å². The van der Waals surface area contributed by atoms with Crippen molar-refractivity contribution in [2.45, 2.75) is 104 Å². The van der Waals surface area contributed by atoms with Crippen LogP contribution in [0.25, 0.3) is 31.8 Å². The highest BCUT2D eigenvalue weighted by Gasteiger charge is 2.45. The van der Waals surface area contributed by atoms with Gasteiger partial charge in [-0.25, -0.2) is 19.7 Å². The normalized spacial score (nSPS) is 15.9. The van der Waals surface area contributed by atoms with Gasteiger partial charge in [0.25, 0.3) is 5.91 Å². The summed E-state index contributed by atoms with van der Waals surface area (Å²) in [5.41, 5.74) is 9.95. The fraction of sp³-hybridized carbons (Fsp3) is 0.302. The van der Waals surface area contributed by atoms with Gasteiger partial charge in [-0.1, -0.05) is 105 Å². The number of hydrogen-bond donors (Lipinski definition) is 5. The zero-order chi connectivity index (χ0) is 57.1. The minimum absolute atomic E-state index is 0.0197. The first-order valence-corrected chi connectivity index (χ1v) is 28.8. The zero-order valence-corrected chi connectivity index (χ0v) is 47.6. The number of carbonyl (C=O) groups is 5. The lowest BCUT2D eigenvalue weighted by atomic mass is 9.85. The Balaban J connectivity index is 0.736. The first-order valence-electron chi connectivity index (χ1n) is 27.1. The smallest absolute Gasteiger partial charge is 0.355 e. The molecule has 16 nitrogen and oxygen atoms in total. The molecule has 2 aliphatic rings. The van der Waals surface area contributed by atoms with E-state index in [9.17, 15) is 34.2 Å². The monoisotopic (exact) mass is 1120 g/mol. The predicted molar refractivity (Wildman–Crippen MR) is 316 cm³/mol. The number of para-hydroxylation sites is 1. The van der Waals surface area contributed by atoms with Crippen molar-refractivity contribution in [3.8, 4) is 33.1 Å². The summed E-state index contributed by atoms with van der Waals surface area (Å²) in [7, 11) is 0. The van der Waals surface area contributed by atoms with Gasteiger partial charge < -0.3 is 35.4 Å². The molecule has 5 aromatic carbocycles. The van der Waals surface area contributed by atoms with Crippen molar-refractivity contribution in [2.75, 3.05) is 23.3 Å². The SMILES string of the molecule is Cc1ncsc1-c1ccc(C(C)NC(=O)C2C[C@@H](O)CN2C(=O)C(NC(=O)CCCc2ccc(Oc3cccc(-c4ccc(N5CCc6cccc(C(=O)Nc7nc8ccccc8s7)c6C5)nc4C(=O)O)c3C)cc2)C(C)(C)C)cc1. The number of fused-ring (bicyclic) bond motifs is 2. The standard InChI is InChI=1S/C63H64N8O8S2/c1-36-45(46-28-29-53(67-55(46)61(77)78)70-31-30-41-13-10-15-47(48(41)34-70)58(74)69-62-66-49-16-7-8-18-52(49)81-62)14-11-17-51(36)79-44-26-20-39(21-27-44)12-9-19-54(73)68-57(63(4,5)6)60(76)71-33-43(72)32-50(71)59(75)65-37(2)40-22-24-42(25-23-40)56-38(3)64-35-80-56/h7-8,10-11,13-18,20-29,35,37,43,50,57,72H,9,12,19,30-34H2,1-6H3,(H,65,75)(H,68,73)(H,77,78)(H,66,69,74)/t37?,43-,50?,57?/m1/s1. The maximum Gasteiger partial charge on any atom is 0.355 e. The molecule has 0 bridgehead atoms. The van der Waals surface area contributed by atoms with Crippen molar-refractivity contribution in [3.63, 3.8) is 0 Å².